The maximum absolute atomic E-state index is 9.22. The Morgan fingerprint density at radius 1 is 1.27 bits per heavy atom. The van der Waals surface area contributed by atoms with Crippen LogP contribution in [0.4, 0.5) is 0 Å². The monoisotopic (exact) mass is 308 g/mol. The van der Waals surface area contributed by atoms with E-state index in [9.17, 15) is 5.02 Å². The molecule has 0 aromatic carbocycles. The molecule has 0 saturated carbocycles. The fourth-order valence-electron chi connectivity index (χ4n) is 2.62. The molecule has 2 fully saturated rings. The fraction of sp³-hybridized carbons (Fsp3) is 0.867. The average molecular weight is 308 g/mol. The zero-order valence-electron chi connectivity index (χ0n) is 14.2. The van der Waals surface area contributed by atoms with E-state index in [1.165, 1.54) is 44.9 Å². The van der Waals surface area contributed by atoms with Crippen molar-refractivity contribution in [1.29, 1.82) is 0 Å². The van der Waals surface area contributed by atoms with Crippen molar-refractivity contribution in [1.82, 2.24) is 10.1 Å². The van der Waals surface area contributed by atoms with E-state index in [0.29, 0.717) is 7.15 Å². The van der Waals surface area contributed by atoms with Crippen LogP contribution in [0.3, 0.4) is 0 Å². The van der Waals surface area contributed by atoms with Crippen LogP contribution >= 0.6 is 0 Å². The molecular formula is C15H30B2N2O3. The first-order valence-electron chi connectivity index (χ1n) is 8.22. The Hall–Kier alpha value is -0.830. The van der Waals surface area contributed by atoms with Gasteiger partial charge in [0, 0.05) is 0 Å². The van der Waals surface area contributed by atoms with E-state index in [2.05, 4.69) is 24.0 Å². The van der Waals surface area contributed by atoms with Crippen molar-refractivity contribution in [2.45, 2.75) is 46.4 Å². The maximum atomic E-state index is 9.22. The summed E-state index contributed by atoms with van der Waals surface area (Å²) in [5.41, 5.74) is 0. The van der Waals surface area contributed by atoms with Crippen molar-refractivity contribution >= 4 is 14.2 Å². The van der Waals surface area contributed by atoms with E-state index in [1.54, 1.807) is 5.82 Å². The van der Waals surface area contributed by atoms with Gasteiger partial charge in [-0.1, -0.05) is 13.8 Å². The number of nitrogens with zero attached hydrogens (tertiary/aromatic N) is 1. The van der Waals surface area contributed by atoms with Crippen molar-refractivity contribution < 1.29 is 14.8 Å². The second-order valence-corrected chi connectivity index (χ2v) is 6.20. The van der Waals surface area contributed by atoms with E-state index in [1.807, 2.05) is 6.82 Å². The van der Waals surface area contributed by atoms with Crippen molar-refractivity contribution in [3.05, 3.63) is 0 Å². The summed E-state index contributed by atoms with van der Waals surface area (Å²) in [5, 5.41) is 20.0. The van der Waals surface area contributed by atoms with E-state index >= 15 is 0 Å². The first-order chi connectivity index (χ1) is 10.5. The minimum absolute atomic E-state index is 0.247. The number of piperidine rings is 2. The molecule has 3 N–H and O–H groups in total. The van der Waals surface area contributed by atoms with Gasteiger partial charge in [0.1, 0.15) is 0 Å². The van der Waals surface area contributed by atoms with Gasteiger partial charge in [-0.2, -0.15) is 0 Å². The van der Waals surface area contributed by atoms with Crippen LogP contribution in [-0.2, 0) is 4.70 Å². The summed E-state index contributed by atoms with van der Waals surface area (Å²) in [7, 11) is 0.0720. The van der Waals surface area contributed by atoms with Crippen LogP contribution in [0, 0.1) is 23.8 Å². The third-order valence-electron chi connectivity index (χ3n) is 3.88. The molecule has 2 rings (SSSR count). The molecule has 0 bridgehead atoms. The Kier molecular flexibility index (Phi) is 13.3. The number of nitrogens with one attached hydrogen (secondary N) is 1. The molecule has 0 radical (unpaired) electrons. The van der Waals surface area contributed by atoms with E-state index < -0.39 is 0 Å². The molecule has 2 heterocycles. The first kappa shape index (κ1) is 21.2. The van der Waals surface area contributed by atoms with Crippen LogP contribution in [0.25, 0.3) is 0 Å². The summed E-state index contributed by atoms with van der Waals surface area (Å²) in [6.07, 6.45) is 6.76. The number of hydrogen-bond donors (Lipinski definition) is 3. The van der Waals surface area contributed by atoms with Gasteiger partial charge in [0.2, 0.25) is 0 Å². The molecule has 2 aliphatic rings. The van der Waals surface area contributed by atoms with Crippen LogP contribution in [0.15, 0.2) is 0 Å². The Labute approximate surface area is 136 Å². The zero-order chi connectivity index (χ0) is 16.8. The van der Waals surface area contributed by atoms with Gasteiger partial charge in [-0.25, -0.2) is 0 Å². The second-order valence-electron chi connectivity index (χ2n) is 6.20. The van der Waals surface area contributed by atoms with Gasteiger partial charge >= 0.3 is 35.9 Å². The first-order valence-corrected chi connectivity index (χ1v) is 8.22. The predicted molar refractivity (Wildman–Crippen MR) is 91.2 cm³/mol. The van der Waals surface area contributed by atoms with Crippen LogP contribution in [0.1, 0.15) is 39.5 Å². The van der Waals surface area contributed by atoms with Crippen molar-refractivity contribution in [2.75, 3.05) is 26.2 Å². The van der Waals surface area contributed by atoms with Crippen molar-refractivity contribution in [2.24, 2.45) is 11.8 Å². The van der Waals surface area contributed by atoms with Gasteiger partial charge in [0.05, 0.1) is 0 Å². The standard InChI is InChI=1S/C7H16BNO.C6H13N.C2HBO2/c1-7-4-3-5-9(6-7)8(2)10;1-6-3-2-4-7-5-6;4-2-1-3-5/h7,10H,3-6H2,1-2H3;6-7H,2-5H2,1H3;4H. The molecule has 7 heteroatoms. The Morgan fingerprint density at radius 2 is 1.95 bits per heavy atom. The van der Waals surface area contributed by atoms with E-state index in [0.717, 1.165) is 24.9 Å². The van der Waals surface area contributed by atoms with E-state index in [-0.39, 0.29) is 7.05 Å². The van der Waals surface area contributed by atoms with Gasteiger partial charge in [-0.05, 0) is 70.5 Å². The van der Waals surface area contributed by atoms with Crippen LogP contribution in [-0.4, -0.2) is 55.3 Å². The Bertz CT molecular complexity index is 339. The molecular weight excluding hydrogens is 278 g/mol. The molecule has 0 aromatic rings. The molecule has 2 atom stereocenters. The molecule has 22 heavy (non-hydrogen) atoms. The summed E-state index contributed by atoms with van der Waals surface area (Å²) in [6, 6.07) is 0. The number of rotatable bonds is 1. The fourth-order valence-corrected chi connectivity index (χ4v) is 2.62. The van der Waals surface area contributed by atoms with Gasteiger partial charge < -0.3 is 15.2 Å². The quantitative estimate of drug-likeness (QED) is 0.501. The Morgan fingerprint density at radius 3 is 2.23 bits per heavy atom. The molecule has 2 aliphatic heterocycles. The van der Waals surface area contributed by atoms with E-state index in [4.69, 9.17) is 9.81 Å². The second kappa shape index (κ2) is 13.8. The average Bonchev–Trinajstić information content (AvgIpc) is 2.50. The molecule has 2 saturated heterocycles. The minimum atomic E-state index is -0.247. The van der Waals surface area contributed by atoms with Crippen molar-refractivity contribution in [3.8, 4) is 11.9 Å². The molecule has 2 unspecified atom stereocenters. The Balaban J connectivity index is 0.000000322. The number of aliphatic hydroxyl groups excluding tert-OH is 1. The van der Waals surface area contributed by atoms with Crippen LogP contribution in [0.2, 0.25) is 6.82 Å². The normalized spacial score (nSPS) is 24.2. The SMILES string of the molecule is CB(O)N1CCCC(C)C1.CC1CCCNC1.O=BC#CO. The van der Waals surface area contributed by atoms with Crippen LogP contribution in [0.5, 0.6) is 0 Å². The third kappa shape index (κ3) is 11.8. The summed E-state index contributed by atoms with van der Waals surface area (Å²) in [4.78, 5) is 2.13. The molecule has 0 aromatic heterocycles. The molecule has 0 spiro atoms. The molecule has 124 valence electrons. The van der Waals surface area contributed by atoms with Gasteiger partial charge in [0.15, 0.2) is 0 Å². The number of hydrogen-bond acceptors (Lipinski definition) is 5. The molecule has 5 nitrogen and oxygen atoms in total. The van der Waals surface area contributed by atoms with Gasteiger partial charge in [0.25, 0.3) is 0 Å². The summed E-state index contributed by atoms with van der Waals surface area (Å²) in [6.45, 7) is 11.0. The topological polar surface area (TPSA) is 72.8 Å². The summed E-state index contributed by atoms with van der Waals surface area (Å²) >= 11 is 0. The predicted octanol–water partition coefficient (Wildman–Crippen LogP) is 1.16. The zero-order valence-corrected chi connectivity index (χ0v) is 14.2. The summed E-state index contributed by atoms with van der Waals surface area (Å²) in [5.74, 6) is 3.43. The molecule has 0 amide bonds. The number of aliphatic hydroxyl groups is 1. The third-order valence-corrected chi connectivity index (χ3v) is 3.88. The van der Waals surface area contributed by atoms with Crippen molar-refractivity contribution in [3.63, 3.8) is 0 Å². The van der Waals surface area contributed by atoms with Crippen LogP contribution < -0.4 is 5.32 Å². The molecule has 0 aliphatic carbocycles. The summed E-state index contributed by atoms with van der Waals surface area (Å²) < 4.78 is 9.07. The van der Waals surface area contributed by atoms with Gasteiger partial charge in [-0.3, -0.25) is 0 Å². The van der Waals surface area contributed by atoms with Gasteiger partial charge in [-0.15, -0.1) is 0 Å².